The second kappa shape index (κ2) is 8.40. The monoisotopic (exact) mass is 339 g/mol. The van der Waals surface area contributed by atoms with Gasteiger partial charge in [0, 0.05) is 31.4 Å². The lowest BCUT2D eigenvalue weighted by Crippen LogP contribution is -2.42. The molecule has 1 N–H and O–H groups in total. The summed E-state index contributed by atoms with van der Waals surface area (Å²) in [4.78, 5) is 31.2. The molecule has 0 aromatic carbocycles. The van der Waals surface area contributed by atoms with Crippen molar-refractivity contribution in [2.45, 2.75) is 52.1 Å². The highest BCUT2D eigenvalue weighted by Crippen LogP contribution is 2.19. The maximum atomic E-state index is 11.7. The topological polar surface area (TPSA) is 73.7 Å². The number of rotatable bonds is 6. The molecular formula is C16H25N3O3S. The Morgan fingerprint density at radius 1 is 1.43 bits per heavy atom. The van der Waals surface area contributed by atoms with Crippen LogP contribution in [0.2, 0.25) is 0 Å². The third-order valence-electron chi connectivity index (χ3n) is 4.23. The maximum Gasteiger partial charge on any atom is 0.323 e. The molecule has 2 heterocycles. The van der Waals surface area contributed by atoms with Gasteiger partial charge in [0.1, 0.15) is 6.54 Å². The van der Waals surface area contributed by atoms with Crippen LogP contribution in [-0.2, 0) is 22.6 Å². The fraction of sp³-hybridized carbons (Fsp3) is 0.688. The number of carbonyl (C=O) groups excluding carboxylic acids is 1. The van der Waals surface area contributed by atoms with Crippen molar-refractivity contribution in [3.8, 4) is 0 Å². The van der Waals surface area contributed by atoms with E-state index in [0.717, 1.165) is 56.0 Å². The minimum absolute atomic E-state index is 0.0234. The van der Waals surface area contributed by atoms with Gasteiger partial charge in [0.25, 0.3) is 0 Å². The average molecular weight is 339 g/mol. The summed E-state index contributed by atoms with van der Waals surface area (Å²) in [5.74, 6) is -1.10. The van der Waals surface area contributed by atoms with Crippen molar-refractivity contribution in [2.24, 2.45) is 0 Å². The van der Waals surface area contributed by atoms with Crippen LogP contribution < -0.4 is 0 Å². The summed E-state index contributed by atoms with van der Waals surface area (Å²) in [6, 6.07) is 0.0234. The second-order valence-electron chi connectivity index (χ2n) is 5.99. The Morgan fingerprint density at radius 3 is 2.83 bits per heavy atom. The van der Waals surface area contributed by atoms with Gasteiger partial charge in [-0.1, -0.05) is 6.92 Å². The summed E-state index contributed by atoms with van der Waals surface area (Å²) < 4.78 is 0. The van der Waals surface area contributed by atoms with E-state index in [2.05, 4.69) is 22.2 Å². The third kappa shape index (κ3) is 5.28. The molecule has 0 aliphatic carbocycles. The number of hydrogen-bond acceptors (Lipinski definition) is 5. The average Bonchev–Trinajstić information content (AvgIpc) is 2.82. The molecule has 1 saturated heterocycles. The summed E-state index contributed by atoms with van der Waals surface area (Å²) in [7, 11) is 0. The molecular weight excluding hydrogens is 314 g/mol. The van der Waals surface area contributed by atoms with Crippen molar-refractivity contribution in [3.05, 3.63) is 16.1 Å². The van der Waals surface area contributed by atoms with Crippen LogP contribution in [0.15, 0.2) is 5.38 Å². The van der Waals surface area contributed by atoms with Crippen LogP contribution in [0.4, 0.5) is 0 Å². The number of aromatic nitrogens is 1. The molecule has 1 aliphatic rings. The lowest BCUT2D eigenvalue weighted by molar-refractivity contribution is -0.145. The SMILES string of the molecule is CCc1nc(CN2CCCC(N(CC(=O)O)C(C)=O)CC2)cs1. The Kier molecular flexibility index (Phi) is 6.53. The molecule has 0 radical (unpaired) electrons. The van der Waals surface area contributed by atoms with E-state index in [1.165, 1.54) is 11.8 Å². The molecule has 2 rings (SSSR count). The minimum Gasteiger partial charge on any atom is -0.480 e. The zero-order valence-corrected chi connectivity index (χ0v) is 14.6. The number of carbonyl (C=O) groups is 2. The van der Waals surface area contributed by atoms with Crippen LogP contribution in [0.5, 0.6) is 0 Å². The maximum absolute atomic E-state index is 11.7. The molecule has 0 saturated carbocycles. The number of carboxylic acid groups (broad SMARTS) is 1. The summed E-state index contributed by atoms with van der Waals surface area (Å²) in [5, 5.41) is 12.3. The van der Waals surface area contributed by atoms with E-state index in [1.807, 2.05) is 0 Å². The van der Waals surface area contributed by atoms with Gasteiger partial charge < -0.3 is 10.0 Å². The van der Waals surface area contributed by atoms with Gasteiger partial charge >= 0.3 is 5.97 Å². The number of amides is 1. The van der Waals surface area contributed by atoms with Gasteiger partial charge in [-0.05, 0) is 32.2 Å². The first kappa shape index (κ1) is 17.9. The molecule has 1 fully saturated rings. The van der Waals surface area contributed by atoms with Crippen LogP contribution in [0.1, 0.15) is 43.8 Å². The van der Waals surface area contributed by atoms with Crippen molar-refractivity contribution in [3.63, 3.8) is 0 Å². The highest BCUT2D eigenvalue weighted by Gasteiger charge is 2.26. The van der Waals surface area contributed by atoms with Crippen LogP contribution in [-0.4, -0.2) is 57.4 Å². The van der Waals surface area contributed by atoms with Crippen molar-refractivity contribution in [1.82, 2.24) is 14.8 Å². The number of nitrogens with zero attached hydrogens (tertiary/aromatic N) is 3. The minimum atomic E-state index is -0.948. The molecule has 1 atom stereocenters. The summed E-state index contributed by atoms with van der Waals surface area (Å²) in [6.45, 7) is 6.03. The van der Waals surface area contributed by atoms with Gasteiger partial charge in [-0.25, -0.2) is 4.98 Å². The first-order valence-electron chi connectivity index (χ1n) is 8.14. The Labute approximate surface area is 141 Å². The number of thiazole rings is 1. The smallest absolute Gasteiger partial charge is 0.323 e. The van der Waals surface area contributed by atoms with Gasteiger partial charge in [0.05, 0.1) is 10.7 Å². The van der Waals surface area contributed by atoms with E-state index in [4.69, 9.17) is 5.11 Å². The van der Waals surface area contributed by atoms with Crippen molar-refractivity contribution in [2.75, 3.05) is 19.6 Å². The fourth-order valence-electron chi connectivity index (χ4n) is 3.06. The van der Waals surface area contributed by atoms with E-state index in [-0.39, 0.29) is 18.5 Å². The number of aliphatic carboxylic acids is 1. The van der Waals surface area contributed by atoms with E-state index >= 15 is 0 Å². The molecule has 1 aromatic heterocycles. The predicted octanol–water partition coefficient (Wildman–Crippen LogP) is 1.99. The largest absolute Gasteiger partial charge is 0.480 e. The standard InChI is InChI=1S/C16H25N3O3S/c1-3-15-17-13(11-23-15)9-18-7-4-5-14(6-8-18)19(12(2)20)10-16(21)22/h11,14H,3-10H2,1-2H3,(H,21,22). The summed E-state index contributed by atoms with van der Waals surface area (Å²) in [6.07, 6.45) is 3.62. The third-order valence-corrected chi connectivity index (χ3v) is 5.27. The molecule has 0 bridgehead atoms. The molecule has 0 spiro atoms. The van der Waals surface area contributed by atoms with Crippen LogP contribution in [0, 0.1) is 0 Å². The van der Waals surface area contributed by atoms with Gasteiger partial charge in [0.2, 0.25) is 5.91 Å². The molecule has 1 aromatic rings. The summed E-state index contributed by atoms with van der Waals surface area (Å²) in [5.41, 5.74) is 1.11. The van der Waals surface area contributed by atoms with Crippen molar-refractivity contribution in [1.29, 1.82) is 0 Å². The lowest BCUT2D eigenvalue weighted by Gasteiger charge is -2.28. The number of hydrogen-bond donors (Lipinski definition) is 1. The number of aryl methyl sites for hydroxylation is 1. The molecule has 1 unspecified atom stereocenters. The first-order valence-corrected chi connectivity index (χ1v) is 9.02. The highest BCUT2D eigenvalue weighted by atomic mass is 32.1. The van der Waals surface area contributed by atoms with E-state index in [0.29, 0.717) is 0 Å². The van der Waals surface area contributed by atoms with Crippen molar-refractivity contribution < 1.29 is 14.7 Å². The molecule has 6 nitrogen and oxygen atoms in total. The van der Waals surface area contributed by atoms with Crippen LogP contribution in [0.3, 0.4) is 0 Å². The summed E-state index contributed by atoms with van der Waals surface area (Å²) >= 11 is 1.70. The molecule has 23 heavy (non-hydrogen) atoms. The van der Waals surface area contributed by atoms with Crippen LogP contribution in [0.25, 0.3) is 0 Å². The molecule has 128 valence electrons. The van der Waals surface area contributed by atoms with Gasteiger partial charge in [0.15, 0.2) is 0 Å². The second-order valence-corrected chi connectivity index (χ2v) is 6.93. The molecule has 1 aliphatic heterocycles. The van der Waals surface area contributed by atoms with Gasteiger partial charge in [-0.15, -0.1) is 11.3 Å². The Hall–Kier alpha value is -1.47. The van der Waals surface area contributed by atoms with E-state index in [9.17, 15) is 9.59 Å². The zero-order valence-electron chi connectivity index (χ0n) is 13.8. The van der Waals surface area contributed by atoms with Gasteiger partial charge in [-0.3, -0.25) is 14.5 Å². The molecule has 1 amide bonds. The Bertz CT molecular complexity index is 546. The van der Waals surface area contributed by atoms with E-state index < -0.39 is 5.97 Å². The Morgan fingerprint density at radius 2 is 2.22 bits per heavy atom. The van der Waals surface area contributed by atoms with E-state index in [1.54, 1.807) is 11.3 Å². The van der Waals surface area contributed by atoms with Crippen LogP contribution >= 0.6 is 11.3 Å². The Balaban J connectivity index is 1.92. The fourth-order valence-corrected chi connectivity index (χ4v) is 3.80. The number of likely N-dealkylation sites (tertiary alicyclic amines) is 1. The molecule has 7 heteroatoms. The highest BCUT2D eigenvalue weighted by molar-refractivity contribution is 7.09. The number of carboxylic acids is 1. The zero-order chi connectivity index (χ0) is 16.8. The quantitative estimate of drug-likeness (QED) is 0.858. The van der Waals surface area contributed by atoms with Crippen molar-refractivity contribution >= 4 is 23.2 Å². The first-order chi connectivity index (χ1) is 11.0. The van der Waals surface area contributed by atoms with Gasteiger partial charge in [-0.2, -0.15) is 0 Å². The normalized spacial score (nSPS) is 19.3. The predicted molar refractivity (Wildman–Crippen MR) is 89.4 cm³/mol. The lowest BCUT2D eigenvalue weighted by atomic mass is 10.1.